The average molecular weight is 350 g/mol. The van der Waals surface area contributed by atoms with Gasteiger partial charge >= 0.3 is 6.09 Å². The molecular formula is C19H27FN2O3. The molecule has 1 fully saturated rings. The Kier molecular flexibility index (Phi) is 6.03. The number of benzene rings is 1. The third kappa shape index (κ3) is 5.73. The van der Waals surface area contributed by atoms with E-state index in [1.54, 1.807) is 16.8 Å². The largest absolute Gasteiger partial charge is 0.444 e. The Bertz CT molecular complexity index is 610. The Labute approximate surface area is 148 Å². The number of piperidine rings is 1. The summed E-state index contributed by atoms with van der Waals surface area (Å²) in [6.45, 7) is 7.32. The highest BCUT2D eigenvalue weighted by Gasteiger charge is 2.27. The van der Waals surface area contributed by atoms with E-state index in [9.17, 15) is 14.0 Å². The molecule has 0 aromatic heterocycles. The molecule has 6 heteroatoms. The maximum atomic E-state index is 13.0. The summed E-state index contributed by atoms with van der Waals surface area (Å²) >= 11 is 0. The number of halogens is 1. The predicted octanol–water partition coefficient (Wildman–Crippen LogP) is 3.54. The summed E-state index contributed by atoms with van der Waals surface area (Å²) < 4.78 is 18.4. The second-order valence-electron chi connectivity index (χ2n) is 7.63. The molecule has 1 aliphatic heterocycles. The molecule has 1 aromatic rings. The van der Waals surface area contributed by atoms with Crippen molar-refractivity contribution in [2.45, 2.75) is 39.2 Å². The smallest absolute Gasteiger partial charge is 0.410 e. The lowest BCUT2D eigenvalue weighted by molar-refractivity contribution is 0.0244. The molecule has 0 bridgehead atoms. The molecule has 1 atom stereocenters. The predicted molar refractivity (Wildman–Crippen MR) is 93.9 cm³/mol. The van der Waals surface area contributed by atoms with Crippen molar-refractivity contribution in [3.63, 3.8) is 0 Å². The Morgan fingerprint density at radius 2 is 1.92 bits per heavy atom. The van der Waals surface area contributed by atoms with Crippen LogP contribution in [0.5, 0.6) is 0 Å². The highest BCUT2D eigenvalue weighted by Crippen LogP contribution is 2.20. The van der Waals surface area contributed by atoms with E-state index < -0.39 is 5.60 Å². The van der Waals surface area contributed by atoms with Crippen LogP contribution in [-0.4, -0.2) is 54.1 Å². The van der Waals surface area contributed by atoms with Gasteiger partial charge in [0.2, 0.25) is 0 Å². The minimum Gasteiger partial charge on any atom is -0.444 e. The highest BCUT2D eigenvalue weighted by atomic mass is 19.1. The lowest BCUT2D eigenvalue weighted by atomic mass is 9.97. The first-order valence-electron chi connectivity index (χ1n) is 8.64. The van der Waals surface area contributed by atoms with Crippen LogP contribution >= 0.6 is 0 Å². The normalized spacial score (nSPS) is 18.0. The number of rotatable bonds is 3. The zero-order valence-corrected chi connectivity index (χ0v) is 15.4. The molecule has 1 unspecified atom stereocenters. The lowest BCUT2D eigenvalue weighted by Crippen LogP contribution is -2.45. The molecular weight excluding hydrogens is 323 g/mol. The molecule has 1 heterocycles. The standard InChI is InChI=1S/C19H27FN2O3/c1-19(2,3)25-18(24)21(4)12-14-6-5-11-22(13-14)17(23)15-7-9-16(20)10-8-15/h7-10,14H,5-6,11-13H2,1-4H3. The number of nitrogens with zero attached hydrogens (tertiary/aromatic N) is 2. The van der Waals surface area contributed by atoms with Gasteiger partial charge in [0, 0.05) is 32.2 Å². The van der Waals surface area contributed by atoms with Crippen LogP contribution in [-0.2, 0) is 4.74 Å². The monoisotopic (exact) mass is 350 g/mol. The fourth-order valence-corrected chi connectivity index (χ4v) is 2.98. The van der Waals surface area contributed by atoms with Crippen LogP contribution in [0.1, 0.15) is 44.0 Å². The van der Waals surface area contributed by atoms with Crippen molar-refractivity contribution >= 4 is 12.0 Å². The van der Waals surface area contributed by atoms with Gasteiger partial charge in [-0.1, -0.05) is 0 Å². The molecule has 1 aromatic carbocycles. The van der Waals surface area contributed by atoms with Crippen LogP contribution in [0.4, 0.5) is 9.18 Å². The third-order valence-corrected chi connectivity index (χ3v) is 4.13. The zero-order valence-electron chi connectivity index (χ0n) is 15.4. The summed E-state index contributed by atoms with van der Waals surface area (Å²) in [7, 11) is 1.72. The summed E-state index contributed by atoms with van der Waals surface area (Å²) in [4.78, 5) is 28.0. The van der Waals surface area contributed by atoms with Crippen molar-refractivity contribution in [3.8, 4) is 0 Å². The van der Waals surface area contributed by atoms with Gasteiger partial charge in [-0.2, -0.15) is 0 Å². The van der Waals surface area contributed by atoms with Crippen LogP contribution in [0, 0.1) is 11.7 Å². The van der Waals surface area contributed by atoms with Gasteiger partial charge in [-0.15, -0.1) is 0 Å². The SMILES string of the molecule is CN(CC1CCCN(C(=O)c2ccc(F)cc2)C1)C(=O)OC(C)(C)C. The minimum absolute atomic E-state index is 0.0929. The second kappa shape index (κ2) is 7.85. The van der Waals surface area contributed by atoms with Gasteiger partial charge < -0.3 is 14.5 Å². The molecule has 2 amide bonds. The number of likely N-dealkylation sites (tertiary alicyclic amines) is 1. The van der Waals surface area contributed by atoms with Crippen LogP contribution < -0.4 is 0 Å². The lowest BCUT2D eigenvalue weighted by Gasteiger charge is -2.35. The van der Waals surface area contributed by atoms with Gasteiger partial charge in [-0.25, -0.2) is 9.18 Å². The molecule has 0 aliphatic carbocycles. The zero-order chi connectivity index (χ0) is 18.6. The van der Waals surface area contributed by atoms with Crippen LogP contribution in [0.15, 0.2) is 24.3 Å². The van der Waals surface area contributed by atoms with Crippen molar-refractivity contribution in [1.29, 1.82) is 0 Å². The molecule has 1 saturated heterocycles. The molecule has 5 nitrogen and oxygen atoms in total. The van der Waals surface area contributed by atoms with Gasteiger partial charge in [0.15, 0.2) is 0 Å². The van der Waals surface area contributed by atoms with Crippen LogP contribution in [0.2, 0.25) is 0 Å². The van der Waals surface area contributed by atoms with E-state index in [1.165, 1.54) is 24.3 Å². The quantitative estimate of drug-likeness (QED) is 0.838. The molecule has 0 radical (unpaired) electrons. The van der Waals surface area contributed by atoms with Gasteiger partial charge in [-0.05, 0) is 63.8 Å². The number of hydrogen-bond acceptors (Lipinski definition) is 3. The summed E-state index contributed by atoms with van der Waals surface area (Å²) in [5.74, 6) is -0.243. The minimum atomic E-state index is -0.525. The fourth-order valence-electron chi connectivity index (χ4n) is 2.98. The third-order valence-electron chi connectivity index (χ3n) is 4.13. The summed E-state index contributed by atoms with van der Waals surface area (Å²) in [6.07, 6.45) is 1.49. The van der Waals surface area contributed by atoms with Crippen molar-refractivity contribution < 1.29 is 18.7 Å². The molecule has 0 saturated carbocycles. The Morgan fingerprint density at radius 3 is 2.52 bits per heavy atom. The van der Waals surface area contributed by atoms with E-state index in [0.29, 0.717) is 25.2 Å². The van der Waals surface area contributed by atoms with Gasteiger partial charge in [0.25, 0.3) is 5.91 Å². The highest BCUT2D eigenvalue weighted by molar-refractivity contribution is 5.94. The molecule has 0 N–H and O–H groups in total. The molecule has 138 valence electrons. The average Bonchev–Trinajstić information content (AvgIpc) is 2.53. The van der Waals surface area contributed by atoms with Gasteiger partial charge in [0.1, 0.15) is 11.4 Å². The Morgan fingerprint density at radius 1 is 1.28 bits per heavy atom. The van der Waals surface area contributed by atoms with Gasteiger partial charge in [0.05, 0.1) is 0 Å². The van der Waals surface area contributed by atoms with Crippen molar-refractivity contribution in [2.75, 3.05) is 26.7 Å². The van der Waals surface area contributed by atoms with E-state index in [0.717, 1.165) is 12.8 Å². The van der Waals surface area contributed by atoms with E-state index in [1.807, 2.05) is 20.8 Å². The van der Waals surface area contributed by atoms with Crippen molar-refractivity contribution in [2.24, 2.45) is 5.92 Å². The summed E-state index contributed by atoms with van der Waals surface area (Å²) in [5.41, 5.74) is -0.0368. The first-order chi connectivity index (χ1) is 11.7. The molecule has 1 aliphatic rings. The first-order valence-corrected chi connectivity index (χ1v) is 8.64. The molecule has 25 heavy (non-hydrogen) atoms. The summed E-state index contributed by atoms with van der Waals surface area (Å²) in [6, 6.07) is 5.61. The number of amides is 2. The van der Waals surface area contributed by atoms with Crippen LogP contribution in [0.3, 0.4) is 0 Å². The number of hydrogen-bond donors (Lipinski definition) is 0. The van der Waals surface area contributed by atoms with E-state index in [2.05, 4.69) is 0 Å². The molecule has 2 rings (SSSR count). The molecule has 0 spiro atoms. The van der Waals surface area contributed by atoms with Crippen molar-refractivity contribution in [1.82, 2.24) is 9.80 Å². The maximum Gasteiger partial charge on any atom is 0.410 e. The number of carbonyl (C=O) groups is 2. The topological polar surface area (TPSA) is 49.9 Å². The van der Waals surface area contributed by atoms with E-state index in [4.69, 9.17) is 4.74 Å². The van der Waals surface area contributed by atoms with E-state index in [-0.39, 0.29) is 23.7 Å². The van der Waals surface area contributed by atoms with Crippen molar-refractivity contribution in [3.05, 3.63) is 35.6 Å². The Hall–Kier alpha value is -2.11. The number of ether oxygens (including phenoxy) is 1. The van der Waals surface area contributed by atoms with Crippen LogP contribution in [0.25, 0.3) is 0 Å². The maximum absolute atomic E-state index is 13.0. The second-order valence-corrected chi connectivity index (χ2v) is 7.63. The first kappa shape index (κ1) is 19.2. The number of carbonyl (C=O) groups excluding carboxylic acids is 2. The Balaban J connectivity index is 1.93. The van der Waals surface area contributed by atoms with E-state index >= 15 is 0 Å². The van der Waals surface area contributed by atoms with Gasteiger partial charge in [-0.3, -0.25) is 4.79 Å². The fraction of sp³-hybridized carbons (Fsp3) is 0.579. The summed E-state index contributed by atoms with van der Waals surface area (Å²) in [5, 5.41) is 0.